The fourth-order valence-electron chi connectivity index (χ4n) is 2.56. The van der Waals surface area contributed by atoms with E-state index >= 15 is 0 Å². The molecule has 0 N–H and O–H groups in total. The zero-order valence-electron chi connectivity index (χ0n) is 12.4. The molecule has 0 bridgehead atoms. The maximum Gasteiger partial charge on any atom is 0.125 e. The lowest BCUT2D eigenvalue weighted by Gasteiger charge is -2.19. The van der Waals surface area contributed by atoms with E-state index in [0.717, 1.165) is 11.5 Å². The number of rotatable bonds is 5. The molecule has 2 aromatic carbocycles. The van der Waals surface area contributed by atoms with Crippen LogP contribution in [-0.4, -0.2) is 12.4 Å². The Morgan fingerprint density at radius 2 is 1.60 bits per heavy atom. The largest absolute Gasteiger partial charge is 0.492 e. The lowest BCUT2D eigenvalue weighted by atomic mass is 10.0. The van der Waals surface area contributed by atoms with Crippen molar-refractivity contribution in [1.82, 2.24) is 0 Å². The van der Waals surface area contributed by atoms with Gasteiger partial charge in [0, 0.05) is 11.7 Å². The third-order valence-corrected chi connectivity index (χ3v) is 3.97. The summed E-state index contributed by atoms with van der Waals surface area (Å²) in [6.07, 6.45) is 0. The van der Waals surface area contributed by atoms with Crippen molar-refractivity contribution >= 4 is 12.6 Å². The highest BCUT2D eigenvalue weighted by Crippen LogP contribution is 2.26. The quantitative estimate of drug-likeness (QED) is 0.784. The van der Waals surface area contributed by atoms with Crippen molar-refractivity contribution in [3.05, 3.63) is 64.7 Å². The van der Waals surface area contributed by atoms with Gasteiger partial charge in [-0.1, -0.05) is 48.0 Å². The van der Waals surface area contributed by atoms with Crippen LogP contribution in [0.2, 0.25) is 0 Å². The topological polar surface area (TPSA) is 9.23 Å². The summed E-state index contributed by atoms with van der Waals surface area (Å²) in [5.41, 5.74) is 4.97. The van der Waals surface area contributed by atoms with Crippen LogP contribution in [0.3, 0.4) is 0 Å². The van der Waals surface area contributed by atoms with Gasteiger partial charge in [-0.05, 0) is 37.5 Å². The minimum atomic E-state index is 0.319. The number of aryl methyl sites for hydroxylation is 3. The molecule has 0 aliphatic heterocycles. The van der Waals surface area contributed by atoms with Crippen molar-refractivity contribution in [2.75, 3.05) is 12.4 Å². The molecule has 2 rings (SSSR count). The van der Waals surface area contributed by atoms with Crippen LogP contribution in [0.25, 0.3) is 0 Å². The molecule has 106 valence electrons. The van der Waals surface area contributed by atoms with Gasteiger partial charge in [-0.2, -0.15) is 12.6 Å². The van der Waals surface area contributed by atoms with Crippen LogP contribution >= 0.6 is 12.6 Å². The van der Waals surface area contributed by atoms with Crippen LogP contribution in [0.5, 0.6) is 5.75 Å². The van der Waals surface area contributed by atoms with Crippen LogP contribution < -0.4 is 4.74 Å². The third kappa shape index (κ3) is 3.57. The summed E-state index contributed by atoms with van der Waals surface area (Å²) >= 11 is 4.46. The minimum Gasteiger partial charge on any atom is -0.492 e. The second-order valence-electron chi connectivity index (χ2n) is 5.33. The van der Waals surface area contributed by atoms with Crippen molar-refractivity contribution in [3.63, 3.8) is 0 Å². The molecule has 0 heterocycles. The lowest BCUT2D eigenvalue weighted by molar-refractivity contribution is 0.294. The number of hydrogen-bond donors (Lipinski definition) is 1. The Balaban J connectivity index is 2.12. The predicted molar refractivity (Wildman–Crippen MR) is 89.2 cm³/mol. The molecule has 2 aromatic rings. The summed E-state index contributed by atoms with van der Waals surface area (Å²) in [6, 6.07) is 14.8. The van der Waals surface area contributed by atoms with Crippen LogP contribution in [0.4, 0.5) is 0 Å². The van der Waals surface area contributed by atoms with Crippen molar-refractivity contribution in [2.45, 2.75) is 26.7 Å². The van der Waals surface area contributed by atoms with E-state index in [1.165, 1.54) is 22.3 Å². The monoisotopic (exact) mass is 286 g/mol. The first-order valence-corrected chi connectivity index (χ1v) is 7.61. The van der Waals surface area contributed by atoms with Crippen LogP contribution in [0.15, 0.2) is 42.5 Å². The molecule has 0 fully saturated rings. The molecule has 0 spiro atoms. The number of ether oxygens (including phenoxy) is 1. The molecule has 0 aliphatic rings. The Labute approximate surface area is 127 Å². The summed E-state index contributed by atoms with van der Waals surface area (Å²) in [5, 5.41) is 0. The molecule has 0 aromatic heterocycles. The van der Waals surface area contributed by atoms with Gasteiger partial charge in [0.05, 0.1) is 6.61 Å². The zero-order chi connectivity index (χ0) is 14.5. The number of benzene rings is 2. The van der Waals surface area contributed by atoms with E-state index in [1.807, 2.05) is 6.07 Å². The lowest BCUT2D eigenvalue weighted by Crippen LogP contribution is -2.13. The maximum absolute atomic E-state index is 6.08. The van der Waals surface area contributed by atoms with Gasteiger partial charge in [0.2, 0.25) is 0 Å². The molecule has 0 radical (unpaired) electrons. The molecule has 1 atom stereocenters. The molecule has 20 heavy (non-hydrogen) atoms. The first-order chi connectivity index (χ1) is 9.61. The fourth-order valence-corrected chi connectivity index (χ4v) is 2.87. The first kappa shape index (κ1) is 15.0. The number of thiol groups is 1. The average molecular weight is 286 g/mol. The van der Waals surface area contributed by atoms with Crippen molar-refractivity contribution in [2.24, 2.45) is 0 Å². The van der Waals surface area contributed by atoms with E-state index in [0.29, 0.717) is 12.5 Å². The van der Waals surface area contributed by atoms with Gasteiger partial charge in [-0.3, -0.25) is 0 Å². The average Bonchev–Trinajstić information content (AvgIpc) is 2.43. The molecular formula is C18H22OS. The maximum atomic E-state index is 6.08. The normalized spacial score (nSPS) is 12.2. The Morgan fingerprint density at radius 1 is 1.00 bits per heavy atom. The smallest absolute Gasteiger partial charge is 0.125 e. The second kappa shape index (κ2) is 6.85. The standard InChI is InChI=1S/C18H22OS/c1-13-9-14(2)18(15(3)10-13)19-11-17(12-20)16-7-5-4-6-8-16/h4-10,17,20H,11-12H2,1-3H3. The van der Waals surface area contributed by atoms with Gasteiger partial charge >= 0.3 is 0 Å². The fraction of sp³-hybridized carbons (Fsp3) is 0.333. The van der Waals surface area contributed by atoms with Gasteiger partial charge in [0.1, 0.15) is 5.75 Å². The summed E-state index contributed by atoms with van der Waals surface area (Å²) in [4.78, 5) is 0. The zero-order valence-corrected chi connectivity index (χ0v) is 13.3. The van der Waals surface area contributed by atoms with Gasteiger partial charge in [0.15, 0.2) is 0 Å². The highest BCUT2D eigenvalue weighted by Gasteiger charge is 2.12. The molecule has 0 saturated heterocycles. The summed E-state index contributed by atoms with van der Waals surface area (Å²) < 4.78 is 6.08. The molecule has 1 unspecified atom stereocenters. The minimum absolute atomic E-state index is 0.319. The predicted octanol–water partition coefficient (Wildman–Crippen LogP) is 4.70. The molecule has 0 aliphatic carbocycles. The second-order valence-corrected chi connectivity index (χ2v) is 5.69. The highest BCUT2D eigenvalue weighted by molar-refractivity contribution is 7.80. The van der Waals surface area contributed by atoms with Gasteiger partial charge < -0.3 is 4.74 Å². The van der Waals surface area contributed by atoms with Crippen molar-refractivity contribution in [3.8, 4) is 5.75 Å². The van der Waals surface area contributed by atoms with Crippen LogP contribution in [-0.2, 0) is 0 Å². The molecular weight excluding hydrogens is 264 g/mol. The molecule has 0 amide bonds. The molecule has 0 saturated carbocycles. The van der Waals surface area contributed by atoms with Crippen LogP contribution in [0.1, 0.15) is 28.2 Å². The van der Waals surface area contributed by atoms with E-state index in [-0.39, 0.29) is 0 Å². The van der Waals surface area contributed by atoms with E-state index in [9.17, 15) is 0 Å². The van der Waals surface area contributed by atoms with Gasteiger partial charge in [-0.15, -0.1) is 0 Å². The molecule has 2 heteroatoms. The Morgan fingerprint density at radius 3 is 2.15 bits per heavy atom. The van der Waals surface area contributed by atoms with E-state index in [2.05, 4.69) is 69.8 Å². The Kier molecular flexibility index (Phi) is 5.13. The van der Waals surface area contributed by atoms with E-state index in [4.69, 9.17) is 4.74 Å². The van der Waals surface area contributed by atoms with Crippen molar-refractivity contribution in [1.29, 1.82) is 0 Å². The SMILES string of the molecule is Cc1cc(C)c(OCC(CS)c2ccccc2)c(C)c1. The Bertz CT molecular complexity index is 540. The summed E-state index contributed by atoms with van der Waals surface area (Å²) in [5.74, 6) is 2.12. The third-order valence-electron chi connectivity index (χ3n) is 3.52. The van der Waals surface area contributed by atoms with Gasteiger partial charge in [-0.25, -0.2) is 0 Å². The van der Waals surface area contributed by atoms with Crippen molar-refractivity contribution < 1.29 is 4.74 Å². The summed E-state index contributed by atoms with van der Waals surface area (Å²) in [7, 11) is 0. The number of hydrogen-bond acceptors (Lipinski definition) is 2. The van der Waals surface area contributed by atoms with E-state index in [1.54, 1.807) is 0 Å². The Hall–Kier alpha value is -1.41. The summed E-state index contributed by atoms with van der Waals surface area (Å²) in [6.45, 7) is 6.99. The first-order valence-electron chi connectivity index (χ1n) is 6.98. The highest BCUT2D eigenvalue weighted by atomic mass is 32.1. The van der Waals surface area contributed by atoms with Crippen LogP contribution in [0, 0.1) is 20.8 Å². The molecule has 1 nitrogen and oxygen atoms in total. The van der Waals surface area contributed by atoms with Gasteiger partial charge in [0.25, 0.3) is 0 Å². The van der Waals surface area contributed by atoms with E-state index < -0.39 is 0 Å².